The second kappa shape index (κ2) is 3.69. The molecule has 0 aromatic carbocycles. The van der Waals surface area contributed by atoms with Crippen LogP contribution in [-0.2, 0) is 4.79 Å². The first-order chi connectivity index (χ1) is 5.20. The molecule has 0 spiro atoms. The molecule has 0 aromatic heterocycles. The number of aliphatic hydroxyl groups excluding tert-OH is 1. The number of likely N-dealkylation sites (tertiary alicyclic amines) is 1. The van der Waals surface area contributed by atoms with Crippen molar-refractivity contribution in [1.82, 2.24) is 4.90 Å². The Morgan fingerprint density at radius 2 is 2.09 bits per heavy atom. The number of nitrogens with zero attached hydrogens (tertiary/aromatic N) is 1. The smallest absolute Gasteiger partial charge is 0.247 e. The second-order valence-electron chi connectivity index (χ2n) is 2.93. The topological polar surface area (TPSA) is 66.6 Å². The summed E-state index contributed by atoms with van der Waals surface area (Å²) in [5.74, 6) is -0.628. The number of β-amino-alcohol motifs (C(OH)–C–C–N with tert-alkyl or cyclic N) is 1. The van der Waals surface area contributed by atoms with Crippen molar-refractivity contribution in [2.75, 3.05) is 19.6 Å². The molecule has 0 saturated carbocycles. The normalized spacial score (nSPS) is 21.9. The molecule has 1 aliphatic rings. The fourth-order valence-corrected chi connectivity index (χ4v) is 1.30. The van der Waals surface area contributed by atoms with Crippen LogP contribution in [0.5, 0.6) is 0 Å². The highest BCUT2D eigenvalue weighted by Gasteiger charge is 2.18. The van der Waals surface area contributed by atoms with E-state index in [1.807, 2.05) is 0 Å². The molecule has 1 saturated heterocycles. The van der Waals surface area contributed by atoms with Crippen LogP contribution in [0.2, 0.25) is 0 Å². The van der Waals surface area contributed by atoms with Crippen LogP contribution in [0, 0.1) is 0 Å². The number of hydrogen-bond donors (Lipinski definition) is 2. The summed E-state index contributed by atoms with van der Waals surface area (Å²) in [6.45, 7) is 2.35. The average Bonchev–Trinajstić information content (AvgIpc) is 2.39. The van der Waals surface area contributed by atoms with Gasteiger partial charge in [-0.1, -0.05) is 0 Å². The van der Waals surface area contributed by atoms with Crippen LogP contribution in [0.25, 0.3) is 0 Å². The summed E-state index contributed by atoms with van der Waals surface area (Å²) in [5, 5.41) is 9.07. The minimum Gasteiger partial charge on any atom is -0.382 e. The van der Waals surface area contributed by atoms with Gasteiger partial charge in [-0.25, -0.2) is 0 Å². The zero-order chi connectivity index (χ0) is 8.27. The highest BCUT2D eigenvalue weighted by molar-refractivity contribution is 5.78. The quantitative estimate of drug-likeness (QED) is 0.549. The fourth-order valence-electron chi connectivity index (χ4n) is 1.30. The number of hydrogen-bond acceptors (Lipinski definition) is 3. The molecule has 1 amide bonds. The first-order valence-electron chi connectivity index (χ1n) is 3.90. The third-order valence-electron chi connectivity index (χ3n) is 1.96. The third kappa shape index (κ3) is 2.48. The highest BCUT2D eigenvalue weighted by atomic mass is 16.3. The molecule has 0 unspecified atom stereocenters. The van der Waals surface area contributed by atoms with Gasteiger partial charge in [0.25, 0.3) is 0 Å². The molecule has 0 aliphatic carbocycles. The molecule has 0 bridgehead atoms. The lowest BCUT2D eigenvalue weighted by atomic mass is 10.3. The minimum atomic E-state index is -0.992. The summed E-state index contributed by atoms with van der Waals surface area (Å²) in [7, 11) is 0. The van der Waals surface area contributed by atoms with Crippen LogP contribution in [-0.4, -0.2) is 41.7 Å². The van der Waals surface area contributed by atoms with E-state index in [1.165, 1.54) is 0 Å². The molecule has 1 fully saturated rings. The van der Waals surface area contributed by atoms with Crippen molar-refractivity contribution < 1.29 is 9.90 Å². The average molecular weight is 158 g/mol. The molecule has 1 atom stereocenters. The van der Waals surface area contributed by atoms with Gasteiger partial charge in [-0.05, 0) is 25.9 Å². The molecule has 4 heteroatoms. The first kappa shape index (κ1) is 8.49. The maximum atomic E-state index is 10.4. The number of carbonyl (C=O) groups is 1. The van der Waals surface area contributed by atoms with Gasteiger partial charge >= 0.3 is 0 Å². The van der Waals surface area contributed by atoms with E-state index in [2.05, 4.69) is 4.90 Å². The number of carbonyl (C=O) groups excluding carboxylic acids is 1. The standard InChI is InChI=1S/C7H14N2O2/c8-7(11)6(10)5-9-3-1-2-4-9/h6,10H,1-5H2,(H2,8,11)/t6-/m1/s1. The monoisotopic (exact) mass is 158 g/mol. The van der Waals surface area contributed by atoms with Crippen LogP contribution >= 0.6 is 0 Å². The second-order valence-corrected chi connectivity index (χ2v) is 2.93. The lowest BCUT2D eigenvalue weighted by Gasteiger charge is -2.16. The van der Waals surface area contributed by atoms with Gasteiger partial charge in [0, 0.05) is 6.54 Å². The lowest BCUT2D eigenvalue weighted by molar-refractivity contribution is -0.126. The Labute approximate surface area is 66.0 Å². The largest absolute Gasteiger partial charge is 0.382 e. The Hall–Kier alpha value is -0.610. The Bertz CT molecular complexity index is 143. The highest BCUT2D eigenvalue weighted by Crippen LogP contribution is 2.07. The molecule has 1 rings (SSSR count). The Morgan fingerprint density at radius 3 is 2.55 bits per heavy atom. The van der Waals surface area contributed by atoms with Crippen LogP contribution in [0.4, 0.5) is 0 Å². The Kier molecular flexibility index (Phi) is 2.84. The predicted octanol–water partition coefficient (Wildman–Crippen LogP) is -1.07. The summed E-state index contributed by atoms with van der Waals surface area (Å²) in [5.41, 5.74) is 4.90. The van der Waals surface area contributed by atoms with Crippen molar-refractivity contribution in [3.8, 4) is 0 Å². The van der Waals surface area contributed by atoms with Crippen molar-refractivity contribution >= 4 is 5.91 Å². The van der Waals surface area contributed by atoms with E-state index in [1.54, 1.807) is 0 Å². The summed E-state index contributed by atoms with van der Waals surface area (Å²) >= 11 is 0. The van der Waals surface area contributed by atoms with E-state index >= 15 is 0 Å². The fraction of sp³-hybridized carbons (Fsp3) is 0.857. The minimum absolute atomic E-state index is 0.398. The van der Waals surface area contributed by atoms with Gasteiger partial charge in [0.15, 0.2) is 0 Å². The van der Waals surface area contributed by atoms with Gasteiger partial charge < -0.3 is 15.7 Å². The summed E-state index contributed by atoms with van der Waals surface area (Å²) in [6, 6.07) is 0. The van der Waals surface area contributed by atoms with Crippen molar-refractivity contribution in [1.29, 1.82) is 0 Å². The SMILES string of the molecule is NC(=O)[C@H](O)CN1CCCC1. The molecule has 64 valence electrons. The predicted molar refractivity (Wildman–Crippen MR) is 40.9 cm³/mol. The van der Waals surface area contributed by atoms with Crippen molar-refractivity contribution in [3.05, 3.63) is 0 Å². The Balaban J connectivity index is 2.23. The van der Waals surface area contributed by atoms with Gasteiger partial charge in [-0.3, -0.25) is 4.79 Å². The van der Waals surface area contributed by atoms with Crippen LogP contribution < -0.4 is 5.73 Å². The molecular weight excluding hydrogens is 144 g/mol. The van der Waals surface area contributed by atoms with E-state index in [0.29, 0.717) is 6.54 Å². The van der Waals surface area contributed by atoms with Crippen LogP contribution in [0.1, 0.15) is 12.8 Å². The van der Waals surface area contributed by atoms with Gasteiger partial charge in [0.1, 0.15) is 6.10 Å². The van der Waals surface area contributed by atoms with E-state index in [-0.39, 0.29) is 0 Å². The van der Waals surface area contributed by atoms with Crippen LogP contribution in [0.3, 0.4) is 0 Å². The lowest BCUT2D eigenvalue weighted by Crippen LogP contribution is -2.38. The molecule has 4 nitrogen and oxygen atoms in total. The Morgan fingerprint density at radius 1 is 1.55 bits per heavy atom. The maximum Gasteiger partial charge on any atom is 0.247 e. The van der Waals surface area contributed by atoms with Gasteiger partial charge in [-0.2, -0.15) is 0 Å². The maximum absolute atomic E-state index is 10.4. The molecular formula is C7H14N2O2. The van der Waals surface area contributed by atoms with E-state index in [4.69, 9.17) is 10.8 Å². The number of aliphatic hydroxyl groups is 1. The van der Waals surface area contributed by atoms with Gasteiger partial charge in [-0.15, -0.1) is 0 Å². The van der Waals surface area contributed by atoms with Gasteiger partial charge in [0.2, 0.25) is 5.91 Å². The summed E-state index contributed by atoms with van der Waals surface area (Å²) in [6.07, 6.45) is 1.32. The summed E-state index contributed by atoms with van der Waals surface area (Å²) in [4.78, 5) is 12.5. The molecule has 11 heavy (non-hydrogen) atoms. The zero-order valence-corrected chi connectivity index (χ0v) is 6.49. The molecule has 1 heterocycles. The number of amides is 1. The van der Waals surface area contributed by atoms with Crippen LogP contribution in [0.15, 0.2) is 0 Å². The molecule has 1 aliphatic heterocycles. The van der Waals surface area contributed by atoms with Gasteiger partial charge in [0.05, 0.1) is 0 Å². The molecule has 0 radical (unpaired) electrons. The number of rotatable bonds is 3. The van der Waals surface area contributed by atoms with Crippen molar-refractivity contribution in [2.45, 2.75) is 18.9 Å². The number of nitrogens with two attached hydrogens (primary N) is 1. The van der Waals surface area contributed by atoms with E-state index in [0.717, 1.165) is 25.9 Å². The number of primary amides is 1. The van der Waals surface area contributed by atoms with Crippen molar-refractivity contribution in [3.63, 3.8) is 0 Å². The van der Waals surface area contributed by atoms with Crippen molar-refractivity contribution in [2.24, 2.45) is 5.73 Å². The van der Waals surface area contributed by atoms with E-state index in [9.17, 15) is 4.79 Å². The summed E-state index contributed by atoms with van der Waals surface area (Å²) < 4.78 is 0. The zero-order valence-electron chi connectivity index (χ0n) is 6.49. The first-order valence-corrected chi connectivity index (χ1v) is 3.90. The third-order valence-corrected chi connectivity index (χ3v) is 1.96. The molecule has 3 N–H and O–H groups in total. The van der Waals surface area contributed by atoms with E-state index < -0.39 is 12.0 Å². The molecule has 0 aromatic rings.